The normalized spacial score (nSPS) is 10.2. The van der Waals surface area contributed by atoms with Crippen LogP contribution < -0.4 is 9.47 Å². The number of benzene rings is 2. The molecular formula is C20H16O4. The molecule has 0 unspecified atom stereocenters. The van der Waals surface area contributed by atoms with Crippen molar-refractivity contribution in [1.29, 1.82) is 0 Å². The molecule has 0 aromatic heterocycles. The summed E-state index contributed by atoms with van der Waals surface area (Å²) in [4.78, 5) is 22.2. The summed E-state index contributed by atoms with van der Waals surface area (Å²) < 4.78 is 10.0. The van der Waals surface area contributed by atoms with E-state index in [4.69, 9.17) is 9.47 Å². The first-order valence-electron chi connectivity index (χ1n) is 7.17. The first-order chi connectivity index (χ1) is 11.6. The van der Waals surface area contributed by atoms with Crippen molar-refractivity contribution in [3.8, 4) is 11.5 Å². The molecule has 4 nitrogen and oxygen atoms in total. The number of hydrogen-bond acceptors (Lipinski definition) is 4. The number of ether oxygens (including phenoxy) is 2. The van der Waals surface area contributed by atoms with Gasteiger partial charge < -0.3 is 9.47 Å². The Hall–Kier alpha value is -3.40. The summed E-state index contributed by atoms with van der Waals surface area (Å²) in [6, 6.07) is 14.2. The monoisotopic (exact) mass is 320 g/mol. The molecule has 120 valence electrons. The summed E-state index contributed by atoms with van der Waals surface area (Å²) in [7, 11) is 0. The van der Waals surface area contributed by atoms with Crippen LogP contribution >= 0.6 is 0 Å². The van der Waals surface area contributed by atoms with Gasteiger partial charge in [-0.2, -0.15) is 0 Å². The minimum absolute atomic E-state index is 0.463. The summed E-state index contributed by atoms with van der Waals surface area (Å²) in [5.74, 6) is -0.0538. The molecular weight excluding hydrogens is 304 g/mol. The second kappa shape index (κ2) is 8.29. The maximum atomic E-state index is 11.1. The Morgan fingerprint density at radius 3 is 1.29 bits per heavy atom. The van der Waals surface area contributed by atoms with Gasteiger partial charge >= 0.3 is 11.9 Å². The fourth-order valence-electron chi connectivity index (χ4n) is 1.80. The van der Waals surface area contributed by atoms with Crippen molar-refractivity contribution in [2.24, 2.45) is 0 Å². The van der Waals surface area contributed by atoms with E-state index in [-0.39, 0.29) is 0 Å². The molecule has 2 aromatic rings. The van der Waals surface area contributed by atoms with Gasteiger partial charge in [-0.1, -0.05) is 49.6 Å². The summed E-state index contributed by atoms with van der Waals surface area (Å²) >= 11 is 0. The minimum Gasteiger partial charge on any atom is -0.423 e. The zero-order valence-corrected chi connectivity index (χ0v) is 13.0. The van der Waals surface area contributed by atoms with Gasteiger partial charge in [0.15, 0.2) is 0 Å². The van der Waals surface area contributed by atoms with Crippen LogP contribution in [0.3, 0.4) is 0 Å². The van der Waals surface area contributed by atoms with E-state index in [0.717, 1.165) is 23.3 Å². The first kappa shape index (κ1) is 17.0. The summed E-state index contributed by atoms with van der Waals surface area (Å²) in [6.07, 6.45) is 6.07. The molecule has 24 heavy (non-hydrogen) atoms. The number of carbonyl (C=O) groups excluding carboxylic acids is 2. The van der Waals surface area contributed by atoms with Gasteiger partial charge in [-0.25, -0.2) is 9.59 Å². The smallest absolute Gasteiger partial charge is 0.335 e. The average Bonchev–Trinajstić information content (AvgIpc) is 2.62. The van der Waals surface area contributed by atoms with Crippen LogP contribution in [0.4, 0.5) is 0 Å². The van der Waals surface area contributed by atoms with Crippen molar-refractivity contribution in [1.82, 2.24) is 0 Å². The van der Waals surface area contributed by atoms with E-state index in [1.54, 1.807) is 24.3 Å². The lowest BCUT2D eigenvalue weighted by molar-refractivity contribution is -0.129. The fraction of sp³-hybridized carbons (Fsp3) is 0. The van der Waals surface area contributed by atoms with Crippen LogP contribution in [-0.2, 0) is 9.59 Å². The predicted molar refractivity (Wildman–Crippen MR) is 93.5 cm³/mol. The highest BCUT2D eigenvalue weighted by Gasteiger charge is 2.00. The quantitative estimate of drug-likeness (QED) is 0.349. The van der Waals surface area contributed by atoms with Crippen molar-refractivity contribution in [3.63, 3.8) is 0 Å². The molecule has 0 fully saturated rings. The lowest BCUT2D eigenvalue weighted by Crippen LogP contribution is -2.02. The molecule has 0 bridgehead atoms. The van der Waals surface area contributed by atoms with Crippen LogP contribution in [0.15, 0.2) is 73.8 Å². The molecule has 0 saturated heterocycles. The number of hydrogen-bond donors (Lipinski definition) is 0. The number of esters is 2. The van der Waals surface area contributed by atoms with E-state index in [2.05, 4.69) is 13.2 Å². The van der Waals surface area contributed by atoms with Crippen molar-refractivity contribution in [2.75, 3.05) is 0 Å². The maximum Gasteiger partial charge on any atom is 0.335 e. The van der Waals surface area contributed by atoms with Gasteiger partial charge in [0.2, 0.25) is 0 Å². The van der Waals surface area contributed by atoms with Gasteiger partial charge in [0.05, 0.1) is 0 Å². The summed E-state index contributed by atoms with van der Waals surface area (Å²) in [5.41, 5.74) is 1.91. The average molecular weight is 320 g/mol. The van der Waals surface area contributed by atoms with E-state index in [1.807, 2.05) is 36.4 Å². The second-order valence-electron chi connectivity index (χ2n) is 4.72. The van der Waals surface area contributed by atoms with Crippen molar-refractivity contribution < 1.29 is 19.1 Å². The molecule has 0 N–H and O–H groups in total. The molecule has 2 rings (SSSR count). The lowest BCUT2D eigenvalue weighted by atomic mass is 10.1. The highest BCUT2D eigenvalue weighted by Crippen LogP contribution is 2.17. The van der Waals surface area contributed by atoms with E-state index < -0.39 is 11.9 Å². The Balaban J connectivity index is 1.99. The van der Waals surface area contributed by atoms with Crippen molar-refractivity contribution in [2.45, 2.75) is 0 Å². The van der Waals surface area contributed by atoms with E-state index in [9.17, 15) is 9.59 Å². The minimum atomic E-state index is -0.490. The van der Waals surface area contributed by atoms with Crippen LogP contribution in [-0.4, -0.2) is 11.9 Å². The van der Waals surface area contributed by atoms with Crippen LogP contribution in [0.1, 0.15) is 11.1 Å². The first-order valence-corrected chi connectivity index (χ1v) is 7.17. The van der Waals surface area contributed by atoms with Gasteiger partial charge in [-0.15, -0.1) is 0 Å². The highest BCUT2D eigenvalue weighted by atomic mass is 16.5. The Kier molecular flexibility index (Phi) is 5.86. The largest absolute Gasteiger partial charge is 0.423 e. The summed E-state index contributed by atoms with van der Waals surface area (Å²) in [5, 5.41) is 0. The van der Waals surface area contributed by atoms with Crippen LogP contribution in [0.25, 0.3) is 12.2 Å². The number of carbonyl (C=O) groups is 2. The topological polar surface area (TPSA) is 52.6 Å². The van der Waals surface area contributed by atoms with Crippen LogP contribution in [0.2, 0.25) is 0 Å². The SMILES string of the molecule is C=CC(=O)Oc1ccc(/C=C/c2ccc(OC(=O)C=C)cc2)cc1. The van der Waals surface area contributed by atoms with Crippen molar-refractivity contribution in [3.05, 3.63) is 85.0 Å². The van der Waals surface area contributed by atoms with Gasteiger partial charge in [-0.05, 0) is 35.4 Å². The van der Waals surface area contributed by atoms with Crippen LogP contribution in [0, 0.1) is 0 Å². The van der Waals surface area contributed by atoms with Gasteiger partial charge in [0, 0.05) is 12.2 Å². The molecule has 0 amide bonds. The highest BCUT2D eigenvalue weighted by molar-refractivity contribution is 5.84. The third-order valence-electron chi connectivity index (χ3n) is 3.00. The van der Waals surface area contributed by atoms with Crippen LogP contribution in [0.5, 0.6) is 11.5 Å². The predicted octanol–water partition coefficient (Wildman–Crippen LogP) is 4.04. The zero-order valence-electron chi connectivity index (χ0n) is 13.0. The Labute approximate surface area is 140 Å². The van der Waals surface area contributed by atoms with Gasteiger partial charge in [-0.3, -0.25) is 0 Å². The molecule has 0 aliphatic carbocycles. The molecule has 0 heterocycles. The van der Waals surface area contributed by atoms with E-state index in [1.165, 1.54) is 0 Å². The molecule has 0 radical (unpaired) electrons. The second-order valence-corrected chi connectivity index (χ2v) is 4.72. The molecule has 0 aliphatic heterocycles. The number of rotatable bonds is 6. The standard InChI is InChI=1S/C20H16O4/c1-3-19(21)23-17-11-7-15(8-12-17)5-6-16-9-13-18(14-10-16)24-20(22)4-2/h3-14H,1-2H2/b6-5+. The molecule has 0 saturated carbocycles. The van der Waals surface area contributed by atoms with E-state index >= 15 is 0 Å². The Morgan fingerprint density at radius 2 is 1.00 bits per heavy atom. The van der Waals surface area contributed by atoms with Gasteiger partial charge in [0.1, 0.15) is 11.5 Å². The molecule has 0 aliphatic rings. The van der Waals surface area contributed by atoms with Gasteiger partial charge in [0.25, 0.3) is 0 Å². The fourth-order valence-corrected chi connectivity index (χ4v) is 1.80. The molecule has 0 atom stereocenters. The Bertz CT molecular complexity index is 701. The molecule has 0 spiro atoms. The zero-order chi connectivity index (χ0) is 17.4. The summed E-state index contributed by atoms with van der Waals surface area (Å²) in [6.45, 7) is 6.69. The third kappa shape index (κ3) is 5.10. The molecule has 2 aromatic carbocycles. The third-order valence-corrected chi connectivity index (χ3v) is 3.00. The van der Waals surface area contributed by atoms with E-state index in [0.29, 0.717) is 11.5 Å². The Morgan fingerprint density at radius 1 is 0.667 bits per heavy atom. The van der Waals surface area contributed by atoms with Crippen molar-refractivity contribution >= 4 is 24.1 Å². The lowest BCUT2D eigenvalue weighted by Gasteiger charge is -2.02. The molecule has 4 heteroatoms. The maximum absolute atomic E-state index is 11.1.